The number of carbonyl (C=O) groups excluding carboxylic acids is 1. The van der Waals surface area contributed by atoms with Crippen LogP contribution < -0.4 is 10.6 Å². The van der Waals surface area contributed by atoms with Gasteiger partial charge >= 0.3 is 0 Å². The van der Waals surface area contributed by atoms with Gasteiger partial charge in [-0.25, -0.2) is 15.0 Å². The van der Waals surface area contributed by atoms with Crippen molar-refractivity contribution in [3.63, 3.8) is 0 Å². The molecule has 23 heavy (non-hydrogen) atoms. The average Bonchev–Trinajstić information content (AvgIpc) is 3.05. The number of amides is 1. The molecule has 0 radical (unpaired) electrons. The lowest BCUT2D eigenvalue weighted by atomic mass is 10.3. The number of hydrogen-bond donors (Lipinski definition) is 2. The van der Waals surface area contributed by atoms with Crippen LogP contribution in [0.2, 0.25) is 0 Å². The van der Waals surface area contributed by atoms with E-state index in [1.54, 1.807) is 6.20 Å². The second-order valence-electron chi connectivity index (χ2n) is 5.00. The number of rotatable bonds is 4. The highest BCUT2D eigenvalue weighted by atomic mass is 32.1. The number of aryl methyl sites for hydroxylation is 2. The van der Waals surface area contributed by atoms with Gasteiger partial charge in [-0.05, 0) is 31.5 Å². The van der Waals surface area contributed by atoms with Gasteiger partial charge in [0, 0.05) is 18.5 Å². The van der Waals surface area contributed by atoms with E-state index in [-0.39, 0.29) is 5.91 Å². The standard InChI is InChI=1S/C15H15N5OS2/c1-8-4-5-16-12(6-8)20-14-19-11(7-22-14)13-9(2)17-15(23-13)18-10(3)21/h4-7H,1-3H3,(H,16,19,20)(H,17,18,21). The highest BCUT2D eigenvalue weighted by Crippen LogP contribution is 2.35. The lowest BCUT2D eigenvalue weighted by molar-refractivity contribution is -0.114. The minimum atomic E-state index is -0.128. The summed E-state index contributed by atoms with van der Waals surface area (Å²) in [4.78, 5) is 25.3. The Hall–Kier alpha value is -2.32. The monoisotopic (exact) mass is 345 g/mol. The molecule has 8 heteroatoms. The maximum absolute atomic E-state index is 11.1. The molecule has 0 aliphatic carbocycles. The van der Waals surface area contributed by atoms with E-state index in [9.17, 15) is 4.79 Å². The smallest absolute Gasteiger partial charge is 0.223 e. The Balaban J connectivity index is 1.81. The molecule has 3 aromatic rings. The van der Waals surface area contributed by atoms with Gasteiger partial charge in [0.05, 0.1) is 16.3 Å². The van der Waals surface area contributed by atoms with Crippen molar-refractivity contribution in [2.75, 3.05) is 10.6 Å². The van der Waals surface area contributed by atoms with Crippen LogP contribution in [0.3, 0.4) is 0 Å². The molecule has 0 unspecified atom stereocenters. The van der Waals surface area contributed by atoms with Gasteiger partial charge in [-0.15, -0.1) is 11.3 Å². The van der Waals surface area contributed by atoms with E-state index in [4.69, 9.17) is 0 Å². The van der Waals surface area contributed by atoms with Gasteiger partial charge in [-0.2, -0.15) is 0 Å². The second kappa shape index (κ2) is 6.43. The first-order valence-corrected chi connectivity index (χ1v) is 8.61. The highest BCUT2D eigenvalue weighted by molar-refractivity contribution is 7.20. The zero-order valence-electron chi connectivity index (χ0n) is 12.9. The average molecular weight is 345 g/mol. The number of carbonyl (C=O) groups is 1. The molecule has 0 saturated heterocycles. The van der Waals surface area contributed by atoms with Crippen LogP contribution in [0.1, 0.15) is 18.2 Å². The summed E-state index contributed by atoms with van der Waals surface area (Å²) in [7, 11) is 0. The Labute approximate surface area is 141 Å². The van der Waals surface area contributed by atoms with Crippen LogP contribution in [0.25, 0.3) is 10.6 Å². The first-order chi connectivity index (χ1) is 11.0. The molecule has 3 rings (SSSR count). The molecule has 0 atom stereocenters. The fraction of sp³-hybridized carbons (Fsp3) is 0.200. The van der Waals surface area contributed by atoms with Gasteiger partial charge in [-0.1, -0.05) is 11.3 Å². The maximum atomic E-state index is 11.1. The van der Waals surface area contributed by atoms with E-state index in [1.165, 1.54) is 29.6 Å². The van der Waals surface area contributed by atoms with Crippen molar-refractivity contribution in [1.29, 1.82) is 0 Å². The van der Waals surface area contributed by atoms with Crippen LogP contribution in [0, 0.1) is 13.8 Å². The summed E-state index contributed by atoms with van der Waals surface area (Å²) in [5.41, 5.74) is 2.83. The number of aromatic nitrogens is 3. The minimum Gasteiger partial charge on any atom is -0.316 e. The molecule has 2 N–H and O–H groups in total. The summed E-state index contributed by atoms with van der Waals surface area (Å²) in [6.45, 7) is 5.40. The van der Waals surface area contributed by atoms with E-state index in [1.807, 2.05) is 31.4 Å². The van der Waals surface area contributed by atoms with E-state index < -0.39 is 0 Å². The fourth-order valence-corrected chi connectivity index (χ4v) is 3.74. The first kappa shape index (κ1) is 15.6. The van der Waals surface area contributed by atoms with Crippen molar-refractivity contribution in [2.24, 2.45) is 0 Å². The first-order valence-electron chi connectivity index (χ1n) is 6.92. The molecule has 0 aromatic carbocycles. The third-order valence-electron chi connectivity index (χ3n) is 2.97. The molecule has 1 amide bonds. The largest absolute Gasteiger partial charge is 0.316 e. The fourth-order valence-electron chi connectivity index (χ4n) is 1.99. The minimum absolute atomic E-state index is 0.128. The molecule has 0 fully saturated rings. The zero-order valence-corrected chi connectivity index (χ0v) is 14.5. The second-order valence-corrected chi connectivity index (χ2v) is 6.85. The van der Waals surface area contributed by atoms with Crippen molar-refractivity contribution in [3.05, 3.63) is 35.0 Å². The summed E-state index contributed by atoms with van der Waals surface area (Å²) >= 11 is 2.93. The molecule has 3 heterocycles. The molecule has 0 aliphatic heterocycles. The van der Waals surface area contributed by atoms with Crippen LogP contribution in [0.5, 0.6) is 0 Å². The van der Waals surface area contributed by atoms with Crippen LogP contribution in [-0.2, 0) is 4.79 Å². The Morgan fingerprint density at radius 3 is 2.78 bits per heavy atom. The van der Waals surface area contributed by atoms with Gasteiger partial charge in [0.1, 0.15) is 5.82 Å². The summed E-state index contributed by atoms with van der Waals surface area (Å²) in [6.07, 6.45) is 1.76. The Morgan fingerprint density at radius 1 is 1.22 bits per heavy atom. The third-order valence-corrected chi connectivity index (χ3v) is 4.82. The number of nitrogens with zero attached hydrogens (tertiary/aromatic N) is 3. The normalized spacial score (nSPS) is 10.6. The number of thiazole rings is 2. The lowest BCUT2D eigenvalue weighted by Crippen LogP contribution is -2.04. The van der Waals surface area contributed by atoms with E-state index in [0.717, 1.165) is 32.8 Å². The number of nitrogens with one attached hydrogen (secondary N) is 2. The van der Waals surface area contributed by atoms with Gasteiger partial charge in [0.25, 0.3) is 0 Å². The third kappa shape index (κ3) is 3.72. The Kier molecular flexibility index (Phi) is 4.35. The van der Waals surface area contributed by atoms with Gasteiger partial charge in [0.15, 0.2) is 10.3 Å². The molecule has 0 spiro atoms. The number of anilines is 3. The summed E-state index contributed by atoms with van der Waals surface area (Å²) in [6, 6.07) is 3.91. The van der Waals surface area contributed by atoms with Crippen molar-refractivity contribution >= 4 is 44.7 Å². The summed E-state index contributed by atoms with van der Waals surface area (Å²) in [5.74, 6) is 0.641. The predicted octanol–water partition coefficient (Wildman–Crippen LogP) is 3.98. The molecule has 0 saturated carbocycles. The Morgan fingerprint density at radius 2 is 2.04 bits per heavy atom. The summed E-state index contributed by atoms with van der Waals surface area (Å²) < 4.78 is 0. The number of pyridine rings is 1. The molecule has 6 nitrogen and oxygen atoms in total. The zero-order chi connectivity index (χ0) is 16.4. The van der Waals surface area contributed by atoms with Gasteiger partial charge in [-0.3, -0.25) is 4.79 Å². The van der Waals surface area contributed by atoms with Crippen molar-refractivity contribution < 1.29 is 4.79 Å². The van der Waals surface area contributed by atoms with E-state index >= 15 is 0 Å². The maximum Gasteiger partial charge on any atom is 0.223 e. The van der Waals surface area contributed by atoms with Crippen molar-refractivity contribution in [1.82, 2.24) is 15.0 Å². The lowest BCUT2D eigenvalue weighted by Gasteiger charge is -2.01. The molecule has 0 aliphatic rings. The van der Waals surface area contributed by atoms with Crippen LogP contribution in [-0.4, -0.2) is 20.9 Å². The van der Waals surface area contributed by atoms with Crippen molar-refractivity contribution in [2.45, 2.75) is 20.8 Å². The summed E-state index contributed by atoms with van der Waals surface area (Å²) in [5, 5.41) is 9.24. The molecule has 118 valence electrons. The molecule has 0 bridgehead atoms. The highest BCUT2D eigenvalue weighted by Gasteiger charge is 2.14. The van der Waals surface area contributed by atoms with Crippen LogP contribution in [0.4, 0.5) is 16.1 Å². The van der Waals surface area contributed by atoms with E-state index in [2.05, 4.69) is 25.6 Å². The van der Waals surface area contributed by atoms with Crippen LogP contribution >= 0.6 is 22.7 Å². The predicted molar refractivity (Wildman–Crippen MR) is 94.5 cm³/mol. The Bertz CT molecular complexity index is 855. The van der Waals surface area contributed by atoms with Crippen molar-refractivity contribution in [3.8, 4) is 10.6 Å². The number of hydrogen-bond acceptors (Lipinski definition) is 7. The van der Waals surface area contributed by atoms with Gasteiger partial charge < -0.3 is 10.6 Å². The van der Waals surface area contributed by atoms with Crippen LogP contribution in [0.15, 0.2) is 23.7 Å². The quantitative estimate of drug-likeness (QED) is 0.747. The molecular weight excluding hydrogens is 330 g/mol. The van der Waals surface area contributed by atoms with E-state index in [0.29, 0.717) is 5.13 Å². The SMILES string of the molecule is CC(=O)Nc1nc(C)c(-c2csc(Nc3cc(C)ccn3)n2)s1. The molecule has 3 aromatic heterocycles. The van der Waals surface area contributed by atoms with Gasteiger partial charge in [0.2, 0.25) is 5.91 Å². The topological polar surface area (TPSA) is 79.8 Å². The molecular formula is C15H15N5OS2.